The highest BCUT2D eigenvalue weighted by Crippen LogP contribution is 2.22. The van der Waals surface area contributed by atoms with E-state index < -0.39 is 0 Å². The lowest BCUT2D eigenvalue weighted by molar-refractivity contribution is 0.714. The van der Waals surface area contributed by atoms with Gasteiger partial charge in [-0.1, -0.05) is 48.0 Å². The molecule has 0 aliphatic rings. The number of hydrogen-bond acceptors (Lipinski definition) is 2. The van der Waals surface area contributed by atoms with Crippen molar-refractivity contribution in [1.29, 1.82) is 0 Å². The van der Waals surface area contributed by atoms with E-state index in [-0.39, 0.29) is 5.56 Å². The lowest BCUT2D eigenvalue weighted by Crippen LogP contribution is -2.37. The third-order valence-electron chi connectivity index (χ3n) is 3.65. The van der Waals surface area contributed by atoms with Gasteiger partial charge in [0.15, 0.2) is 0 Å². The normalized spacial score (nSPS) is 10.8. The zero-order chi connectivity index (χ0) is 15.0. The molecule has 1 aromatic heterocycles. The maximum atomic E-state index is 12.8. The predicted octanol–water partition coefficient (Wildman–Crippen LogP) is 3.17. The summed E-state index contributed by atoms with van der Waals surface area (Å²) in [6.07, 6.45) is 0. The van der Waals surface area contributed by atoms with Gasteiger partial charge in [0.25, 0.3) is 5.56 Å². The molecular weight excluding hydrogens is 260 g/mol. The molecule has 0 saturated carbocycles. The van der Waals surface area contributed by atoms with Crippen LogP contribution in [-0.4, -0.2) is 18.8 Å². The fraction of sp³-hybridized carbons (Fsp3) is 0.167. The molecule has 106 valence electrons. The molecule has 0 atom stereocenters. The summed E-state index contributed by atoms with van der Waals surface area (Å²) in [6, 6.07) is 18.0. The molecule has 0 N–H and O–H groups in total. The number of aryl methyl sites for hydroxylation is 1. The molecule has 3 aromatic rings. The second-order valence-electron chi connectivity index (χ2n) is 5.45. The van der Waals surface area contributed by atoms with Gasteiger partial charge in [0.05, 0.1) is 5.69 Å². The summed E-state index contributed by atoms with van der Waals surface area (Å²) in [5.74, 6) is 0. The Morgan fingerprint density at radius 2 is 1.62 bits per heavy atom. The Morgan fingerprint density at radius 3 is 2.29 bits per heavy atom. The van der Waals surface area contributed by atoms with Crippen molar-refractivity contribution in [3.8, 4) is 11.3 Å². The molecule has 3 rings (SSSR count). The van der Waals surface area contributed by atoms with E-state index in [2.05, 4.69) is 37.3 Å². The second-order valence-corrected chi connectivity index (χ2v) is 5.45. The number of hydrogen-bond donors (Lipinski definition) is 0. The van der Waals surface area contributed by atoms with Gasteiger partial charge in [0.2, 0.25) is 0 Å². The van der Waals surface area contributed by atoms with Gasteiger partial charge in [0.1, 0.15) is 0 Å². The molecule has 0 aliphatic carbocycles. The van der Waals surface area contributed by atoms with Crippen LogP contribution in [0.25, 0.3) is 22.0 Å². The Balaban J connectivity index is 2.38. The van der Waals surface area contributed by atoms with E-state index in [0.29, 0.717) is 0 Å². The van der Waals surface area contributed by atoms with Gasteiger partial charge in [-0.25, -0.2) is 4.68 Å². The fourth-order valence-corrected chi connectivity index (χ4v) is 2.58. The van der Waals surface area contributed by atoms with Gasteiger partial charge < -0.3 is 5.01 Å². The van der Waals surface area contributed by atoms with Crippen molar-refractivity contribution in [1.82, 2.24) is 4.68 Å². The van der Waals surface area contributed by atoms with E-state index in [1.165, 1.54) is 5.56 Å². The van der Waals surface area contributed by atoms with Gasteiger partial charge in [-0.15, -0.1) is 0 Å². The van der Waals surface area contributed by atoms with Gasteiger partial charge in [-0.05, 0) is 24.4 Å². The van der Waals surface area contributed by atoms with E-state index in [4.69, 9.17) is 0 Å². The van der Waals surface area contributed by atoms with Crippen LogP contribution < -0.4 is 10.6 Å². The summed E-state index contributed by atoms with van der Waals surface area (Å²) in [5, 5.41) is 3.53. The van der Waals surface area contributed by atoms with Crippen molar-refractivity contribution < 1.29 is 0 Å². The molecule has 0 spiro atoms. The van der Waals surface area contributed by atoms with Crippen LogP contribution in [0, 0.1) is 6.92 Å². The van der Waals surface area contributed by atoms with Gasteiger partial charge in [-0.2, -0.15) is 0 Å². The van der Waals surface area contributed by atoms with Crippen molar-refractivity contribution >= 4 is 10.8 Å². The number of benzene rings is 2. The first kappa shape index (κ1) is 13.4. The first-order chi connectivity index (χ1) is 10.1. The maximum absolute atomic E-state index is 12.8. The summed E-state index contributed by atoms with van der Waals surface area (Å²) in [4.78, 5) is 12.8. The zero-order valence-corrected chi connectivity index (χ0v) is 12.5. The molecule has 0 bridgehead atoms. The molecule has 1 heterocycles. The largest absolute Gasteiger partial charge is 0.316 e. The molecule has 0 unspecified atom stereocenters. The fourth-order valence-electron chi connectivity index (χ4n) is 2.58. The van der Waals surface area contributed by atoms with Crippen molar-refractivity contribution in [3.05, 3.63) is 70.5 Å². The molecule has 2 aromatic carbocycles. The highest BCUT2D eigenvalue weighted by Gasteiger charge is 2.12. The summed E-state index contributed by atoms with van der Waals surface area (Å²) in [5.41, 5.74) is 3.16. The lowest BCUT2D eigenvalue weighted by atomic mass is 10.1. The number of pyridine rings is 1. The molecule has 21 heavy (non-hydrogen) atoms. The van der Waals surface area contributed by atoms with Crippen LogP contribution in [0.15, 0.2) is 59.4 Å². The molecule has 0 fully saturated rings. The first-order valence-electron chi connectivity index (χ1n) is 6.97. The topological polar surface area (TPSA) is 25.2 Å². The third kappa shape index (κ3) is 2.31. The Bertz CT molecular complexity index is 845. The number of fused-ring (bicyclic) bond motifs is 1. The van der Waals surface area contributed by atoms with Gasteiger partial charge in [-0.3, -0.25) is 4.79 Å². The van der Waals surface area contributed by atoms with Gasteiger partial charge in [0, 0.05) is 25.0 Å². The van der Waals surface area contributed by atoms with Crippen LogP contribution in [0.3, 0.4) is 0 Å². The molecule has 0 amide bonds. The van der Waals surface area contributed by atoms with Crippen LogP contribution in [0.2, 0.25) is 0 Å². The summed E-state index contributed by atoms with van der Waals surface area (Å²) in [7, 11) is 3.77. The molecule has 3 heteroatoms. The predicted molar refractivity (Wildman–Crippen MR) is 88.4 cm³/mol. The monoisotopic (exact) mass is 278 g/mol. The highest BCUT2D eigenvalue weighted by molar-refractivity contribution is 5.85. The van der Waals surface area contributed by atoms with Crippen LogP contribution in [0.1, 0.15) is 5.56 Å². The first-order valence-corrected chi connectivity index (χ1v) is 6.97. The number of aromatic nitrogens is 1. The van der Waals surface area contributed by atoms with Crippen molar-refractivity contribution in [2.75, 3.05) is 19.1 Å². The van der Waals surface area contributed by atoms with E-state index in [9.17, 15) is 4.79 Å². The average molecular weight is 278 g/mol. The second kappa shape index (κ2) is 5.09. The van der Waals surface area contributed by atoms with Crippen molar-refractivity contribution in [2.24, 2.45) is 0 Å². The van der Waals surface area contributed by atoms with Crippen LogP contribution in [0.4, 0.5) is 0 Å². The molecule has 0 saturated heterocycles. The van der Waals surface area contributed by atoms with E-state index in [1.807, 2.05) is 43.4 Å². The van der Waals surface area contributed by atoms with Crippen LogP contribution in [-0.2, 0) is 0 Å². The van der Waals surface area contributed by atoms with Gasteiger partial charge >= 0.3 is 0 Å². The van der Waals surface area contributed by atoms with Crippen LogP contribution in [0.5, 0.6) is 0 Å². The average Bonchev–Trinajstić information content (AvgIpc) is 2.47. The van der Waals surface area contributed by atoms with E-state index in [1.54, 1.807) is 4.68 Å². The van der Waals surface area contributed by atoms with E-state index in [0.717, 1.165) is 22.0 Å². The van der Waals surface area contributed by atoms with Crippen LogP contribution >= 0.6 is 0 Å². The molecular formula is C18H18N2O. The quantitative estimate of drug-likeness (QED) is 0.719. The third-order valence-corrected chi connectivity index (χ3v) is 3.65. The minimum absolute atomic E-state index is 0.00803. The minimum Gasteiger partial charge on any atom is -0.316 e. The molecule has 3 nitrogen and oxygen atoms in total. The van der Waals surface area contributed by atoms with Crippen molar-refractivity contribution in [2.45, 2.75) is 6.92 Å². The van der Waals surface area contributed by atoms with E-state index >= 15 is 0 Å². The summed E-state index contributed by atoms with van der Waals surface area (Å²) in [6.45, 7) is 2.06. The zero-order valence-electron chi connectivity index (χ0n) is 12.5. The molecule has 0 radical (unpaired) electrons. The maximum Gasteiger partial charge on any atom is 0.277 e. The summed E-state index contributed by atoms with van der Waals surface area (Å²) >= 11 is 0. The number of nitrogens with zero attached hydrogens (tertiary/aromatic N) is 2. The molecule has 0 aliphatic heterocycles. The summed E-state index contributed by atoms with van der Waals surface area (Å²) < 4.78 is 1.72. The smallest absolute Gasteiger partial charge is 0.277 e. The standard InChI is InChI=1S/C18H18N2O/c1-13-8-10-14(11-9-13)17-12-15-6-4-5-7-16(15)18(21)20(17)19(2)3/h4-12H,1-3H3. The number of rotatable bonds is 2. The van der Waals surface area contributed by atoms with Crippen molar-refractivity contribution in [3.63, 3.8) is 0 Å². The minimum atomic E-state index is 0.00803. The Kier molecular flexibility index (Phi) is 3.26. The SMILES string of the molecule is Cc1ccc(-c2cc3ccccc3c(=O)n2N(C)C)cc1. The lowest BCUT2D eigenvalue weighted by Gasteiger charge is -2.21. The highest BCUT2D eigenvalue weighted by atomic mass is 16.1. The Morgan fingerprint density at radius 1 is 0.952 bits per heavy atom. The Labute approximate surface area is 124 Å². The Hall–Kier alpha value is -2.55.